The summed E-state index contributed by atoms with van der Waals surface area (Å²) < 4.78 is 140. The zero-order chi connectivity index (χ0) is 49.6. The molecule has 0 spiro atoms. The molecule has 2 aromatic heterocycles. The maximum atomic E-state index is 13.5. The number of nitrogens with zero attached hydrogens (tertiary/aromatic N) is 3. The van der Waals surface area contributed by atoms with E-state index < -0.39 is 81.7 Å². The summed E-state index contributed by atoms with van der Waals surface area (Å²) in [6.45, 7) is 3.07. The largest absolute Gasteiger partial charge is 0.417 e. The van der Waals surface area contributed by atoms with Crippen molar-refractivity contribution in [3.63, 3.8) is 0 Å². The highest BCUT2D eigenvalue weighted by Gasteiger charge is 2.38. The molecule has 68 heavy (non-hydrogen) atoms. The van der Waals surface area contributed by atoms with Gasteiger partial charge in [-0.1, -0.05) is 109 Å². The van der Waals surface area contributed by atoms with Crippen LogP contribution in [0.25, 0.3) is 0 Å². The average Bonchev–Trinajstić information content (AvgIpc) is 3.27. The van der Waals surface area contributed by atoms with E-state index in [1.54, 1.807) is 48.5 Å². The van der Waals surface area contributed by atoms with Crippen LogP contribution >= 0.6 is 58.8 Å². The number of pyridine rings is 2. The zero-order valence-corrected chi connectivity index (χ0v) is 40.7. The average molecular weight is 1090 g/mol. The fraction of sp³-hybridized carbons (Fsp3) is 0.182. The molecule has 0 aliphatic rings. The number of aromatic nitrogens is 2. The third-order valence-corrected chi connectivity index (χ3v) is 13.7. The van der Waals surface area contributed by atoms with Crippen LogP contribution in [0.3, 0.4) is 0 Å². The number of halogens is 11. The Kier molecular flexibility index (Phi) is 18.5. The molecule has 0 unspecified atom stereocenters. The SMILES string of the molecule is CCc1ccccc1C(=O)c1ncc(Cl)cc1N(COC)S(=O)(=O)c1ccc(Cl)c(C(F)(F)F)c1.CCc1ccccc1C(=O)c1ncc(Cl)cc1NS(=O)(=O)c1ccc(Cl)c(C(F)(F)F)c1.Cl. The highest BCUT2D eigenvalue weighted by molar-refractivity contribution is 7.93. The Morgan fingerprint density at radius 2 is 1.09 bits per heavy atom. The first kappa shape index (κ1) is 55.6. The lowest BCUT2D eigenvalue weighted by molar-refractivity contribution is -0.138. The summed E-state index contributed by atoms with van der Waals surface area (Å²) in [6, 6.07) is 20.2. The number of sulfonamides is 2. The Bertz CT molecular complexity index is 3070. The molecule has 4 aromatic carbocycles. The first-order chi connectivity index (χ1) is 31.3. The molecule has 1 N–H and O–H groups in total. The summed E-state index contributed by atoms with van der Waals surface area (Å²) in [4.78, 5) is 33.2. The Morgan fingerprint density at radius 3 is 1.57 bits per heavy atom. The number of hydrogen-bond acceptors (Lipinski definition) is 9. The van der Waals surface area contributed by atoms with E-state index in [-0.39, 0.29) is 45.2 Å². The lowest BCUT2D eigenvalue weighted by atomic mass is 9.99. The lowest BCUT2D eigenvalue weighted by Crippen LogP contribution is -2.34. The molecule has 0 saturated heterocycles. The monoisotopic (exact) mass is 1080 g/mol. The van der Waals surface area contributed by atoms with Crippen molar-refractivity contribution in [2.45, 2.75) is 48.8 Å². The van der Waals surface area contributed by atoms with Gasteiger partial charge in [-0.25, -0.2) is 31.1 Å². The molecule has 6 aromatic rings. The van der Waals surface area contributed by atoms with Crippen molar-refractivity contribution in [1.29, 1.82) is 0 Å². The van der Waals surface area contributed by atoms with Crippen LogP contribution < -0.4 is 9.03 Å². The van der Waals surface area contributed by atoms with Gasteiger partial charge in [0.05, 0.1) is 52.4 Å². The van der Waals surface area contributed by atoms with E-state index in [4.69, 9.17) is 51.1 Å². The van der Waals surface area contributed by atoms with Crippen molar-refractivity contribution < 1.29 is 57.5 Å². The normalized spacial score (nSPS) is 11.8. The second-order valence-corrected chi connectivity index (χ2v) is 19.1. The van der Waals surface area contributed by atoms with E-state index in [9.17, 15) is 52.8 Å². The second-order valence-electron chi connectivity index (χ2n) is 13.9. The van der Waals surface area contributed by atoms with Crippen LogP contribution in [-0.2, 0) is 50.0 Å². The van der Waals surface area contributed by atoms with Crippen molar-refractivity contribution in [1.82, 2.24) is 9.97 Å². The maximum absolute atomic E-state index is 13.5. The minimum absolute atomic E-state index is 0. The quantitative estimate of drug-likeness (QED) is 0.0638. The number of methoxy groups -OCH3 is 1. The topological polar surface area (TPSA) is 153 Å². The van der Waals surface area contributed by atoms with Gasteiger partial charge in [0.25, 0.3) is 20.0 Å². The van der Waals surface area contributed by atoms with Crippen molar-refractivity contribution in [3.8, 4) is 0 Å². The Morgan fingerprint density at radius 1 is 0.647 bits per heavy atom. The van der Waals surface area contributed by atoms with Crippen molar-refractivity contribution in [3.05, 3.63) is 174 Å². The summed E-state index contributed by atoms with van der Waals surface area (Å²) >= 11 is 23.2. The van der Waals surface area contributed by atoms with Crippen LogP contribution in [0.1, 0.15) is 68.2 Å². The summed E-state index contributed by atoms with van der Waals surface area (Å²) in [5.74, 6) is -1.15. The van der Waals surface area contributed by atoms with E-state index in [1.165, 1.54) is 25.6 Å². The summed E-state index contributed by atoms with van der Waals surface area (Å²) in [5, 5.41) is -1.28. The van der Waals surface area contributed by atoms with Gasteiger partial charge >= 0.3 is 12.4 Å². The minimum Gasteiger partial charge on any atom is -0.363 e. The fourth-order valence-electron chi connectivity index (χ4n) is 6.33. The summed E-state index contributed by atoms with van der Waals surface area (Å²) in [6.07, 6.45) is -6.33. The van der Waals surface area contributed by atoms with Gasteiger partial charge in [-0.15, -0.1) is 12.4 Å². The fourth-order valence-corrected chi connectivity index (χ4v) is 9.58. The van der Waals surface area contributed by atoms with Gasteiger partial charge in [-0.05, 0) is 72.5 Å². The van der Waals surface area contributed by atoms with Crippen molar-refractivity contribution in [2.24, 2.45) is 0 Å². The van der Waals surface area contributed by atoms with Crippen molar-refractivity contribution >= 4 is 102 Å². The molecule has 24 heteroatoms. The van der Waals surface area contributed by atoms with Gasteiger partial charge < -0.3 is 4.74 Å². The number of hydrogen-bond donors (Lipinski definition) is 1. The predicted molar refractivity (Wildman–Crippen MR) is 250 cm³/mol. The number of rotatable bonds is 14. The highest BCUT2D eigenvalue weighted by Crippen LogP contribution is 2.39. The number of carbonyl (C=O) groups excluding carboxylic acids is 2. The second kappa shape index (κ2) is 22.6. The van der Waals surface area contributed by atoms with Crippen LogP contribution in [0, 0.1) is 0 Å². The van der Waals surface area contributed by atoms with Gasteiger partial charge in [0.1, 0.15) is 18.1 Å². The number of anilines is 2. The van der Waals surface area contributed by atoms with Crippen LogP contribution in [0.5, 0.6) is 0 Å². The predicted octanol–water partition coefficient (Wildman–Crippen LogP) is 12.4. The zero-order valence-electron chi connectivity index (χ0n) is 35.2. The molecule has 0 fully saturated rings. The van der Waals surface area contributed by atoms with Crippen LogP contribution in [0.4, 0.5) is 37.7 Å². The maximum Gasteiger partial charge on any atom is 0.417 e. The number of aryl methyl sites for hydroxylation is 2. The van der Waals surface area contributed by atoms with Gasteiger partial charge in [0.2, 0.25) is 11.6 Å². The van der Waals surface area contributed by atoms with Crippen LogP contribution in [0.15, 0.2) is 119 Å². The molecule has 0 aliphatic carbocycles. The summed E-state index contributed by atoms with van der Waals surface area (Å²) in [7, 11) is -8.04. The van der Waals surface area contributed by atoms with E-state index in [0.717, 1.165) is 35.9 Å². The molecule has 362 valence electrons. The molecule has 2 heterocycles. The molecular formula is C44H35Cl5F6N4O7S2. The van der Waals surface area contributed by atoms with Crippen LogP contribution in [0.2, 0.25) is 20.1 Å². The molecule has 0 saturated carbocycles. The Labute approximate surface area is 412 Å². The van der Waals surface area contributed by atoms with Gasteiger partial charge in [0, 0.05) is 30.6 Å². The molecule has 0 atom stereocenters. The molecular weight excluding hydrogens is 1050 g/mol. The third-order valence-electron chi connectivity index (χ3n) is 9.55. The van der Waals surface area contributed by atoms with Gasteiger partial charge in [0.15, 0.2) is 0 Å². The van der Waals surface area contributed by atoms with Gasteiger partial charge in [-0.2, -0.15) is 26.3 Å². The molecule has 0 aliphatic heterocycles. The lowest BCUT2D eigenvalue weighted by Gasteiger charge is -2.25. The number of alkyl halides is 6. The molecule has 6 rings (SSSR count). The first-order valence-electron chi connectivity index (χ1n) is 19.2. The van der Waals surface area contributed by atoms with E-state index >= 15 is 0 Å². The molecule has 0 radical (unpaired) electrons. The first-order valence-corrected chi connectivity index (χ1v) is 23.6. The molecule has 0 bridgehead atoms. The molecule has 0 amide bonds. The Hall–Kier alpha value is -4.99. The number of benzene rings is 4. The number of nitrogens with one attached hydrogen (secondary N) is 1. The Balaban J connectivity index is 0.000000293. The minimum atomic E-state index is -4.89. The smallest absolute Gasteiger partial charge is 0.363 e. The van der Waals surface area contributed by atoms with Crippen LogP contribution in [-0.4, -0.2) is 52.2 Å². The number of ether oxygens (including phenoxy) is 1. The third kappa shape index (κ3) is 12.8. The van der Waals surface area contributed by atoms with E-state index in [1.807, 2.05) is 13.8 Å². The molecule has 11 nitrogen and oxygen atoms in total. The standard InChI is InChI=1S/C23H19Cl2F3N2O4S.C21H15Cl2F3N2O3S.ClH/c1-3-14-6-4-5-7-17(14)22(31)21-20(10-15(24)12-29-21)30(13-34-2)35(32,33)16-8-9-19(25)18(11-16)23(26,27)28;1-2-12-5-3-4-6-15(12)20(29)19-18(9-13(22)11-27-19)28-32(30,31)14-7-8-17(23)16(10-14)21(24,25)26;/h4-12H,3,13H2,1-2H3;3-11,28H,2H2,1H3;1H. The number of carbonyl (C=O) groups is 2. The van der Waals surface area contributed by atoms with Gasteiger partial charge in [-0.3, -0.25) is 14.3 Å². The number of ketones is 2. The van der Waals surface area contributed by atoms with E-state index in [0.29, 0.717) is 46.0 Å². The highest BCUT2D eigenvalue weighted by atomic mass is 35.5. The summed E-state index contributed by atoms with van der Waals surface area (Å²) in [5.41, 5.74) is -1.62. The van der Waals surface area contributed by atoms with E-state index in [2.05, 4.69) is 14.7 Å². The van der Waals surface area contributed by atoms with Crippen molar-refractivity contribution in [2.75, 3.05) is 22.9 Å².